The number of sulfonamides is 1. The highest BCUT2D eigenvalue weighted by molar-refractivity contribution is 7.89. The summed E-state index contributed by atoms with van der Waals surface area (Å²) in [5.74, 6) is -0.0420. The van der Waals surface area contributed by atoms with Gasteiger partial charge in [-0.15, -0.1) is 12.4 Å². The van der Waals surface area contributed by atoms with E-state index in [1.54, 1.807) is 0 Å². The van der Waals surface area contributed by atoms with Gasteiger partial charge in [-0.1, -0.05) is 0 Å². The van der Waals surface area contributed by atoms with E-state index in [-0.39, 0.29) is 41.3 Å². The lowest BCUT2D eigenvalue weighted by Crippen LogP contribution is -2.32. The minimum atomic E-state index is -3.75. The van der Waals surface area contributed by atoms with E-state index in [1.165, 1.54) is 17.5 Å². The molecular formula is C11H16ClN3O5S. The van der Waals surface area contributed by atoms with Gasteiger partial charge in [-0.25, -0.2) is 8.42 Å². The molecule has 1 fully saturated rings. The molecule has 2 N–H and O–H groups in total. The lowest BCUT2D eigenvalue weighted by molar-refractivity contribution is -0.385. The van der Waals surface area contributed by atoms with Crippen molar-refractivity contribution in [3.63, 3.8) is 0 Å². The lowest BCUT2D eigenvalue weighted by Gasteiger charge is -2.17. The van der Waals surface area contributed by atoms with Gasteiger partial charge in [-0.05, 0) is 12.5 Å². The number of nitrogens with two attached hydrogens (primary N) is 1. The second-order valence-corrected chi connectivity index (χ2v) is 6.41. The third kappa shape index (κ3) is 3.43. The normalized spacial score (nSPS) is 19.0. The summed E-state index contributed by atoms with van der Waals surface area (Å²) < 4.78 is 31.2. The Morgan fingerprint density at radius 3 is 2.62 bits per heavy atom. The van der Waals surface area contributed by atoms with Crippen LogP contribution in [0.4, 0.5) is 5.69 Å². The molecule has 0 aromatic heterocycles. The molecule has 0 bridgehead atoms. The molecule has 8 nitrogen and oxygen atoms in total. The van der Waals surface area contributed by atoms with E-state index in [9.17, 15) is 18.5 Å². The summed E-state index contributed by atoms with van der Waals surface area (Å²) in [6.45, 7) is 0.576. The highest BCUT2D eigenvalue weighted by atomic mass is 35.5. The molecule has 1 aromatic rings. The Balaban J connectivity index is 0.00000220. The van der Waals surface area contributed by atoms with Crippen molar-refractivity contribution >= 4 is 28.1 Å². The summed E-state index contributed by atoms with van der Waals surface area (Å²) >= 11 is 0. The maximum Gasteiger partial charge on any atom is 0.273 e. The number of halogens is 1. The molecule has 21 heavy (non-hydrogen) atoms. The zero-order valence-electron chi connectivity index (χ0n) is 11.3. The van der Waals surface area contributed by atoms with Crippen LogP contribution in [0.1, 0.15) is 6.42 Å². The number of benzene rings is 1. The molecule has 1 saturated heterocycles. The highest BCUT2D eigenvalue weighted by Crippen LogP contribution is 2.31. The molecule has 1 aromatic carbocycles. The van der Waals surface area contributed by atoms with Gasteiger partial charge in [-0.3, -0.25) is 10.1 Å². The monoisotopic (exact) mass is 337 g/mol. The number of methoxy groups -OCH3 is 1. The molecule has 10 heteroatoms. The number of nitrogens with zero attached hydrogens (tertiary/aromatic N) is 2. The minimum Gasteiger partial charge on any atom is -0.495 e. The van der Waals surface area contributed by atoms with Gasteiger partial charge in [0.1, 0.15) is 10.6 Å². The summed E-state index contributed by atoms with van der Waals surface area (Å²) in [6, 6.07) is 3.25. The van der Waals surface area contributed by atoms with Gasteiger partial charge in [-0.2, -0.15) is 4.31 Å². The first kappa shape index (κ1) is 17.6. The van der Waals surface area contributed by atoms with Crippen molar-refractivity contribution in [2.45, 2.75) is 17.4 Å². The molecule has 1 aliphatic rings. The number of rotatable bonds is 4. The van der Waals surface area contributed by atoms with Crippen LogP contribution >= 0.6 is 12.4 Å². The van der Waals surface area contributed by atoms with E-state index in [4.69, 9.17) is 10.5 Å². The quantitative estimate of drug-likeness (QED) is 0.640. The number of hydrogen-bond acceptors (Lipinski definition) is 6. The molecule has 1 aliphatic heterocycles. The number of hydrogen-bond donors (Lipinski definition) is 1. The summed E-state index contributed by atoms with van der Waals surface area (Å²) in [6.07, 6.45) is 0.592. The second kappa shape index (κ2) is 6.56. The third-order valence-electron chi connectivity index (χ3n) is 3.16. The zero-order chi connectivity index (χ0) is 14.9. The molecule has 0 spiro atoms. The van der Waals surface area contributed by atoms with Crippen LogP contribution in [0.25, 0.3) is 0 Å². The van der Waals surface area contributed by atoms with Gasteiger partial charge in [0, 0.05) is 25.2 Å². The molecule has 1 heterocycles. The topological polar surface area (TPSA) is 116 Å². The lowest BCUT2D eigenvalue weighted by atomic mass is 10.3. The minimum absolute atomic E-state index is 0. The summed E-state index contributed by atoms with van der Waals surface area (Å²) in [4.78, 5) is 10.0. The Morgan fingerprint density at radius 2 is 2.14 bits per heavy atom. The van der Waals surface area contributed by atoms with E-state index in [2.05, 4.69) is 0 Å². The first-order valence-corrected chi connectivity index (χ1v) is 7.38. The van der Waals surface area contributed by atoms with Gasteiger partial charge in [0.25, 0.3) is 5.69 Å². The van der Waals surface area contributed by atoms with Crippen LogP contribution in [0, 0.1) is 10.1 Å². The Labute approximate surface area is 128 Å². The van der Waals surface area contributed by atoms with Crippen LogP contribution in [-0.4, -0.2) is 43.9 Å². The predicted octanol–water partition coefficient (Wildman–Crippen LogP) is 0.747. The molecule has 0 amide bonds. The number of ether oxygens (including phenoxy) is 1. The van der Waals surface area contributed by atoms with Gasteiger partial charge in [0.05, 0.1) is 18.1 Å². The molecule has 1 atom stereocenters. The fourth-order valence-corrected chi connectivity index (χ4v) is 3.74. The summed E-state index contributed by atoms with van der Waals surface area (Å²) in [5.41, 5.74) is 5.48. The van der Waals surface area contributed by atoms with Crippen molar-refractivity contribution in [2.75, 3.05) is 20.2 Å². The first-order valence-electron chi connectivity index (χ1n) is 5.94. The van der Waals surface area contributed by atoms with Crippen molar-refractivity contribution in [3.8, 4) is 5.75 Å². The smallest absolute Gasteiger partial charge is 0.273 e. The van der Waals surface area contributed by atoms with Gasteiger partial charge in [0.2, 0.25) is 10.0 Å². The van der Waals surface area contributed by atoms with Crippen LogP contribution in [-0.2, 0) is 10.0 Å². The third-order valence-corrected chi connectivity index (χ3v) is 5.07. The van der Waals surface area contributed by atoms with Crippen molar-refractivity contribution < 1.29 is 18.1 Å². The predicted molar refractivity (Wildman–Crippen MR) is 78.2 cm³/mol. The molecule has 0 radical (unpaired) electrons. The van der Waals surface area contributed by atoms with Crippen LogP contribution in [0.2, 0.25) is 0 Å². The van der Waals surface area contributed by atoms with Gasteiger partial charge >= 0.3 is 0 Å². The van der Waals surface area contributed by atoms with Crippen molar-refractivity contribution in [1.29, 1.82) is 0 Å². The number of non-ortho nitro benzene ring substituents is 1. The summed E-state index contributed by atoms with van der Waals surface area (Å²) in [5, 5.41) is 10.7. The standard InChI is InChI=1S/C11H15N3O5S.ClH/c1-19-10-6-9(14(15)16)2-3-11(10)20(17,18)13-5-4-8(12)7-13;/h2-3,6,8H,4-5,7,12H2,1H3;1H/t8-;/m0./s1. The SMILES string of the molecule is COc1cc([N+](=O)[O-])ccc1S(=O)(=O)N1CC[C@H](N)C1.Cl. The average molecular weight is 338 g/mol. The number of nitro benzene ring substituents is 1. The molecule has 0 saturated carbocycles. The maximum atomic E-state index is 12.5. The van der Waals surface area contributed by atoms with E-state index in [0.29, 0.717) is 13.0 Å². The molecule has 0 aliphatic carbocycles. The summed E-state index contributed by atoms with van der Waals surface area (Å²) in [7, 11) is -2.48. The highest BCUT2D eigenvalue weighted by Gasteiger charge is 2.33. The second-order valence-electron chi connectivity index (χ2n) is 4.50. The van der Waals surface area contributed by atoms with Crippen molar-refractivity contribution in [2.24, 2.45) is 5.73 Å². The van der Waals surface area contributed by atoms with Crippen LogP contribution < -0.4 is 10.5 Å². The Hall–Kier alpha value is -1.42. The zero-order valence-corrected chi connectivity index (χ0v) is 12.9. The van der Waals surface area contributed by atoms with Crippen LogP contribution in [0.15, 0.2) is 23.1 Å². The number of nitro groups is 1. The fourth-order valence-electron chi connectivity index (χ4n) is 2.09. The first-order chi connectivity index (χ1) is 9.36. The largest absolute Gasteiger partial charge is 0.495 e. The molecule has 0 unspecified atom stereocenters. The van der Waals surface area contributed by atoms with Crippen LogP contribution in [0.3, 0.4) is 0 Å². The van der Waals surface area contributed by atoms with Crippen molar-refractivity contribution in [1.82, 2.24) is 4.31 Å². The Bertz CT molecular complexity index is 637. The van der Waals surface area contributed by atoms with Gasteiger partial charge in [0.15, 0.2) is 0 Å². The maximum absolute atomic E-state index is 12.5. The van der Waals surface area contributed by atoms with E-state index < -0.39 is 14.9 Å². The van der Waals surface area contributed by atoms with Gasteiger partial charge < -0.3 is 10.5 Å². The Kier molecular flexibility index (Phi) is 5.51. The average Bonchev–Trinajstić information content (AvgIpc) is 2.85. The molecule has 118 valence electrons. The fraction of sp³-hybridized carbons (Fsp3) is 0.455. The van der Waals surface area contributed by atoms with Crippen LogP contribution in [0.5, 0.6) is 5.75 Å². The van der Waals surface area contributed by atoms with E-state index >= 15 is 0 Å². The van der Waals surface area contributed by atoms with Crippen molar-refractivity contribution in [3.05, 3.63) is 28.3 Å². The Morgan fingerprint density at radius 1 is 1.48 bits per heavy atom. The molecule has 2 rings (SSSR count). The van der Waals surface area contributed by atoms with E-state index in [0.717, 1.165) is 12.1 Å². The molecular weight excluding hydrogens is 322 g/mol. The van der Waals surface area contributed by atoms with E-state index in [1.807, 2.05) is 0 Å².